The van der Waals surface area contributed by atoms with Crippen LogP contribution in [0.3, 0.4) is 0 Å². The maximum atomic E-state index is 10.4. The van der Waals surface area contributed by atoms with Crippen LogP contribution in [-0.4, -0.2) is 38.8 Å². The van der Waals surface area contributed by atoms with Crippen molar-refractivity contribution in [3.8, 4) is 0 Å². The Balaban J connectivity index is 2.44. The summed E-state index contributed by atoms with van der Waals surface area (Å²) >= 11 is 0. The van der Waals surface area contributed by atoms with Crippen LogP contribution >= 0.6 is 7.82 Å². The summed E-state index contributed by atoms with van der Waals surface area (Å²) in [5.74, 6) is -0.483. The normalized spacial score (nSPS) is 38.9. The van der Waals surface area contributed by atoms with Crippen LogP contribution < -0.4 is 0 Å². The second kappa shape index (κ2) is 4.26. The molecule has 0 spiro atoms. The van der Waals surface area contributed by atoms with Crippen LogP contribution in [0, 0.1) is 11.8 Å². The largest absolute Gasteiger partial charge is 0.469 e. The van der Waals surface area contributed by atoms with Gasteiger partial charge in [0.1, 0.15) is 0 Å². The van der Waals surface area contributed by atoms with Crippen LogP contribution in [0.1, 0.15) is 13.3 Å². The van der Waals surface area contributed by atoms with E-state index in [0.717, 1.165) is 0 Å². The molecule has 6 nitrogen and oxygen atoms in total. The van der Waals surface area contributed by atoms with Crippen molar-refractivity contribution < 1.29 is 29.1 Å². The van der Waals surface area contributed by atoms with Crippen molar-refractivity contribution in [3.05, 3.63) is 0 Å². The molecule has 1 aliphatic rings. The summed E-state index contributed by atoms with van der Waals surface area (Å²) in [6.45, 7) is 1.54. The first-order valence-electron chi connectivity index (χ1n) is 4.37. The van der Waals surface area contributed by atoms with Gasteiger partial charge in [0.2, 0.25) is 0 Å². The van der Waals surface area contributed by atoms with Crippen LogP contribution in [-0.2, 0) is 9.09 Å². The van der Waals surface area contributed by atoms with Gasteiger partial charge in [0.25, 0.3) is 0 Å². The van der Waals surface area contributed by atoms with Gasteiger partial charge in [-0.25, -0.2) is 4.57 Å². The van der Waals surface area contributed by atoms with Gasteiger partial charge in [0.05, 0.1) is 18.8 Å². The first kappa shape index (κ1) is 12.1. The summed E-state index contributed by atoms with van der Waals surface area (Å²) < 4.78 is 14.7. The van der Waals surface area contributed by atoms with Crippen LogP contribution in [0.15, 0.2) is 0 Å². The van der Waals surface area contributed by atoms with Gasteiger partial charge in [-0.2, -0.15) is 0 Å². The Morgan fingerprint density at radius 3 is 2.29 bits per heavy atom. The molecule has 0 unspecified atom stereocenters. The van der Waals surface area contributed by atoms with E-state index in [1.54, 1.807) is 6.92 Å². The van der Waals surface area contributed by atoms with Gasteiger partial charge in [-0.1, -0.05) is 6.92 Å². The highest BCUT2D eigenvalue weighted by Gasteiger charge is 2.39. The second-order valence-electron chi connectivity index (χ2n) is 3.74. The maximum absolute atomic E-state index is 10.4. The molecule has 0 aromatic rings. The minimum absolute atomic E-state index is 0.0737. The third-order valence-corrected chi connectivity index (χ3v) is 3.03. The van der Waals surface area contributed by atoms with E-state index in [9.17, 15) is 14.8 Å². The summed E-state index contributed by atoms with van der Waals surface area (Å²) in [6, 6.07) is 0. The smallest absolute Gasteiger partial charge is 0.390 e. The lowest BCUT2D eigenvalue weighted by Gasteiger charge is -2.16. The van der Waals surface area contributed by atoms with Gasteiger partial charge in [0, 0.05) is 5.92 Å². The fourth-order valence-electron chi connectivity index (χ4n) is 1.73. The predicted octanol–water partition coefficient (Wildman–Crippen LogP) is -0.527. The summed E-state index contributed by atoms with van der Waals surface area (Å²) in [7, 11) is -4.48. The van der Waals surface area contributed by atoms with E-state index < -0.39 is 25.9 Å². The summed E-state index contributed by atoms with van der Waals surface area (Å²) in [4.78, 5) is 16.9. The first-order chi connectivity index (χ1) is 6.31. The average Bonchev–Trinajstić information content (AvgIpc) is 2.28. The molecule has 0 aromatic heterocycles. The quantitative estimate of drug-likeness (QED) is 0.482. The Bertz CT molecular complexity index is 238. The molecule has 84 valence electrons. The van der Waals surface area contributed by atoms with E-state index in [1.807, 2.05) is 0 Å². The van der Waals surface area contributed by atoms with Crippen molar-refractivity contribution in [2.45, 2.75) is 25.6 Å². The minimum atomic E-state index is -4.48. The minimum Gasteiger partial charge on any atom is -0.390 e. The molecule has 0 bridgehead atoms. The zero-order valence-electron chi connectivity index (χ0n) is 7.78. The van der Waals surface area contributed by atoms with Gasteiger partial charge in [0.15, 0.2) is 0 Å². The second-order valence-corrected chi connectivity index (χ2v) is 4.98. The molecule has 1 saturated carbocycles. The molecule has 7 heteroatoms. The Labute approximate surface area is 81.8 Å². The molecule has 4 atom stereocenters. The third-order valence-electron chi connectivity index (χ3n) is 2.55. The maximum Gasteiger partial charge on any atom is 0.469 e. The fourth-order valence-corrected chi connectivity index (χ4v) is 2.12. The number of aliphatic hydroxyl groups is 2. The van der Waals surface area contributed by atoms with Gasteiger partial charge in [-0.15, -0.1) is 0 Å². The molecule has 0 radical (unpaired) electrons. The number of hydrogen-bond donors (Lipinski definition) is 4. The average molecular weight is 226 g/mol. The Morgan fingerprint density at radius 1 is 1.36 bits per heavy atom. The molecule has 1 aliphatic carbocycles. The molecular weight excluding hydrogens is 211 g/mol. The Morgan fingerprint density at radius 2 is 1.93 bits per heavy atom. The van der Waals surface area contributed by atoms with Gasteiger partial charge in [-0.3, -0.25) is 4.52 Å². The highest BCUT2D eigenvalue weighted by molar-refractivity contribution is 7.46. The molecule has 0 amide bonds. The number of hydrogen-bond acceptors (Lipinski definition) is 4. The molecule has 1 fully saturated rings. The lowest BCUT2D eigenvalue weighted by Crippen LogP contribution is -2.29. The molecule has 0 aliphatic heterocycles. The van der Waals surface area contributed by atoms with E-state index in [-0.39, 0.29) is 12.5 Å². The summed E-state index contributed by atoms with van der Waals surface area (Å²) in [6.07, 6.45) is -1.29. The van der Waals surface area contributed by atoms with E-state index in [0.29, 0.717) is 6.42 Å². The highest BCUT2D eigenvalue weighted by Crippen LogP contribution is 2.39. The molecule has 0 saturated heterocycles. The van der Waals surface area contributed by atoms with Crippen LogP contribution in [0.25, 0.3) is 0 Å². The van der Waals surface area contributed by atoms with Gasteiger partial charge < -0.3 is 20.0 Å². The zero-order valence-corrected chi connectivity index (χ0v) is 8.67. The number of phosphoric acid groups is 1. The molecule has 1 rings (SSSR count). The van der Waals surface area contributed by atoms with Crippen LogP contribution in [0.5, 0.6) is 0 Å². The lowest BCUT2D eigenvalue weighted by molar-refractivity contribution is -0.00370. The third kappa shape index (κ3) is 3.02. The SMILES string of the molecule is C[C@@H]1C[C@H](COP(=O)(O)O)[C@@H](O)[C@H]1O. The zero-order chi connectivity index (χ0) is 10.9. The molecule has 0 aromatic carbocycles. The first-order valence-corrected chi connectivity index (χ1v) is 5.90. The summed E-state index contributed by atoms with van der Waals surface area (Å²) in [5, 5.41) is 18.8. The Hall–Kier alpha value is 0.0300. The van der Waals surface area contributed by atoms with Gasteiger partial charge in [-0.05, 0) is 12.3 Å². The Kier molecular flexibility index (Phi) is 3.69. The lowest BCUT2D eigenvalue weighted by atomic mass is 10.1. The monoisotopic (exact) mass is 226 g/mol. The van der Waals surface area contributed by atoms with Gasteiger partial charge >= 0.3 is 7.82 Å². The molecular formula is C7H15O6P. The van der Waals surface area contributed by atoms with Crippen molar-refractivity contribution >= 4 is 7.82 Å². The van der Waals surface area contributed by atoms with E-state index in [1.165, 1.54) is 0 Å². The molecule has 4 N–H and O–H groups in total. The van der Waals surface area contributed by atoms with Crippen molar-refractivity contribution in [1.29, 1.82) is 0 Å². The molecule has 14 heavy (non-hydrogen) atoms. The number of aliphatic hydroxyl groups excluding tert-OH is 2. The van der Waals surface area contributed by atoms with Crippen LogP contribution in [0.4, 0.5) is 0 Å². The number of rotatable bonds is 3. The van der Waals surface area contributed by atoms with Crippen LogP contribution in [0.2, 0.25) is 0 Å². The van der Waals surface area contributed by atoms with Crippen molar-refractivity contribution in [3.63, 3.8) is 0 Å². The van der Waals surface area contributed by atoms with E-state index in [2.05, 4.69) is 4.52 Å². The highest BCUT2D eigenvalue weighted by atomic mass is 31.2. The predicted molar refractivity (Wildman–Crippen MR) is 47.3 cm³/mol. The van der Waals surface area contributed by atoms with E-state index in [4.69, 9.17) is 9.79 Å². The fraction of sp³-hybridized carbons (Fsp3) is 1.00. The standard InChI is InChI=1S/C7H15O6P/c1-4-2-5(7(9)6(4)8)3-13-14(10,11)12/h4-9H,2-3H2,1H3,(H2,10,11,12)/t4-,5-,6+,7-/m1/s1. The summed E-state index contributed by atoms with van der Waals surface area (Å²) in [5.41, 5.74) is 0. The number of phosphoric ester groups is 1. The van der Waals surface area contributed by atoms with Crippen molar-refractivity contribution in [2.75, 3.05) is 6.61 Å². The van der Waals surface area contributed by atoms with Crippen molar-refractivity contribution in [1.82, 2.24) is 0 Å². The van der Waals surface area contributed by atoms with E-state index >= 15 is 0 Å². The molecule has 0 heterocycles. The topological polar surface area (TPSA) is 107 Å². The van der Waals surface area contributed by atoms with Crippen molar-refractivity contribution in [2.24, 2.45) is 11.8 Å².